The van der Waals surface area contributed by atoms with E-state index in [9.17, 15) is 4.79 Å². The maximum Gasteiger partial charge on any atom is 0.410 e. The molecule has 0 aliphatic rings. The third-order valence-electron chi connectivity index (χ3n) is 2.92. The highest BCUT2D eigenvalue weighted by Crippen LogP contribution is 2.16. The van der Waals surface area contributed by atoms with Crippen molar-refractivity contribution < 1.29 is 9.53 Å². The first kappa shape index (κ1) is 13.4. The largest absolute Gasteiger partial charge is 0.450 e. The zero-order valence-electron chi connectivity index (χ0n) is 11.1. The van der Waals surface area contributed by atoms with Crippen LogP contribution in [-0.4, -0.2) is 35.7 Å². The summed E-state index contributed by atoms with van der Waals surface area (Å²) in [7, 11) is 0. The monoisotopic (exact) mass is 261 g/mol. The summed E-state index contributed by atoms with van der Waals surface area (Å²) < 4.78 is 5.03. The van der Waals surface area contributed by atoms with Crippen molar-refractivity contribution in [3.63, 3.8) is 0 Å². The summed E-state index contributed by atoms with van der Waals surface area (Å²) in [4.78, 5) is 16.6. The van der Waals surface area contributed by atoms with Crippen molar-refractivity contribution in [3.8, 4) is 0 Å². The highest BCUT2D eigenvalue weighted by Gasteiger charge is 2.14. The van der Waals surface area contributed by atoms with Gasteiger partial charge in [-0.3, -0.25) is 0 Å². The Morgan fingerprint density at radius 1 is 1.42 bits per heavy atom. The predicted octanol–water partition coefficient (Wildman–Crippen LogP) is 2.09. The quantitative estimate of drug-likeness (QED) is 0.865. The smallest absolute Gasteiger partial charge is 0.410 e. The van der Waals surface area contributed by atoms with Crippen LogP contribution in [0.4, 0.5) is 4.79 Å². The molecule has 0 unspecified atom stereocenters. The lowest BCUT2D eigenvalue weighted by atomic mass is 10.1. The molecule has 0 bridgehead atoms. The molecule has 0 saturated heterocycles. The van der Waals surface area contributed by atoms with Crippen LogP contribution in [0.15, 0.2) is 30.5 Å². The molecule has 5 heteroatoms. The molecule has 1 aromatic heterocycles. The second-order valence-electron chi connectivity index (χ2n) is 4.31. The fourth-order valence-corrected chi connectivity index (χ4v) is 2.03. The zero-order valence-corrected chi connectivity index (χ0v) is 11.1. The van der Waals surface area contributed by atoms with Gasteiger partial charge in [-0.15, -0.1) is 0 Å². The molecule has 0 spiro atoms. The molecular weight excluding hydrogens is 242 g/mol. The number of rotatable bonds is 5. The average molecular weight is 261 g/mol. The number of nitrogens with two attached hydrogens (primary N) is 1. The van der Waals surface area contributed by atoms with Gasteiger partial charge in [0.15, 0.2) is 0 Å². The minimum absolute atomic E-state index is 0.317. The van der Waals surface area contributed by atoms with Crippen LogP contribution in [0.25, 0.3) is 10.9 Å². The summed E-state index contributed by atoms with van der Waals surface area (Å²) in [6.07, 6.45) is 1.58. The maximum absolute atomic E-state index is 11.8. The Hall–Kier alpha value is -2.01. The number of hydrogen-bond acceptors (Lipinski definition) is 3. The lowest BCUT2D eigenvalue weighted by Gasteiger charge is -2.21. The lowest BCUT2D eigenvalue weighted by molar-refractivity contribution is 0.106. The van der Waals surface area contributed by atoms with Gasteiger partial charge < -0.3 is 20.4 Å². The van der Waals surface area contributed by atoms with Gasteiger partial charge in [-0.25, -0.2) is 4.79 Å². The predicted molar refractivity (Wildman–Crippen MR) is 74.8 cm³/mol. The molecule has 0 saturated carbocycles. The number of hydrogen-bond donors (Lipinski definition) is 2. The van der Waals surface area contributed by atoms with E-state index in [1.165, 1.54) is 0 Å². The Labute approximate surface area is 112 Å². The summed E-state index contributed by atoms with van der Waals surface area (Å²) in [5.41, 5.74) is 7.69. The minimum atomic E-state index is -0.317. The molecule has 0 aliphatic heterocycles. The molecule has 0 atom stereocenters. The molecular formula is C14H19N3O2. The zero-order chi connectivity index (χ0) is 13.7. The number of fused-ring (bicyclic) bond motifs is 1. The number of carbonyl (C=O) groups excluding carboxylic acids is 1. The second kappa shape index (κ2) is 6.24. The number of H-pyrrole nitrogens is 1. The van der Waals surface area contributed by atoms with Gasteiger partial charge >= 0.3 is 6.09 Å². The van der Waals surface area contributed by atoms with Crippen molar-refractivity contribution >= 4 is 17.0 Å². The van der Waals surface area contributed by atoms with E-state index in [2.05, 4.69) is 11.1 Å². The summed E-state index contributed by atoms with van der Waals surface area (Å²) >= 11 is 0. The van der Waals surface area contributed by atoms with E-state index in [1.54, 1.807) is 11.8 Å². The van der Waals surface area contributed by atoms with Gasteiger partial charge in [-0.1, -0.05) is 6.07 Å². The van der Waals surface area contributed by atoms with E-state index in [-0.39, 0.29) is 6.09 Å². The van der Waals surface area contributed by atoms with Crippen molar-refractivity contribution in [2.24, 2.45) is 5.73 Å². The van der Waals surface area contributed by atoms with Gasteiger partial charge in [0.05, 0.1) is 6.61 Å². The number of carbonyl (C=O) groups is 1. The number of nitrogens with zero attached hydrogens (tertiary/aromatic N) is 1. The van der Waals surface area contributed by atoms with E-state index in [0.717, 1.165) is 16.5 Å². The number of aromatic nitrogens is 1. The van der Waals surface area contributed by atoms with Crippen LogP contribution in [0.5, 0.6) is 0 Å². The summed E-state index contributed by atoms with van der Waals surface area (Å²) in [5, 5.41) is 1.13. The Bertz CT molecular complexity index is 550. The Kier molecular flexibility index (Phi) is 4.41. The van der Waals surface area contributed by atoms with Gasteiger partial charge in [0.25, 0.3) is 0 Å². The Balaban J connectivity index is 2.12. The van der Waals surface area contributed by atoms with Gasteiger partial charge in [-0.2, -0.15) is 0 Å². The number of nitrogens with one attached hydrogen (secondary N) is 1. The third kappa shape index (κ3) is 3.26. The summed E-state index contributed by atoms with van der Waals surface area (Å²) in [5.74, 6) is 0. The molecule has 1 amide bonds. The van der Waals surface area contributed by atoms with Crippen LogP contribution in [0, 0.1) is 0 Å². The van der Waals surface area contributed by atoms with Gasteiger partial charge in [0.2, 0.25) is 0 Å². The molecule has 0 aliphatic carbocycles. The Morgan fingerprint density at radius 3 is 3.00 bits per heavy atom. The number of ether oxygens (including phenoxy) is 1. The highest BCUT2D eigenvalue weighted by molar-refractivity contribution is 5.80. The van der Waals surface area contributed by atoms with Crippen LogP contribution in [0.3, 0.4) is 0 Å². The van der Waals surface area contributed by atoms with E-state index < -0.39 is 0 Å². The lowest BCUT2D eigenvalue weighted by Crippen LogP contribution is -2.35. The van der Waals surface area contributed by atoms with Crippen molar-refractivity contribution in [1.29, 1.82) is 0 Å². The standard InChI is InChI=1S/C14H19N3O2/c1-2-19-14(18)17(8-6-15)10-11-3-4-13-12(9-11)5-7-16-13/h3-5,7,9,16H,2,6,8,10,15H2,1H3. The van der Waals surface area contributed by atoms with Crippen molar-refractivity contribution in [2.45, 2.75) is 13.5 Å². The van der Waals surface area contributed by atoms with Crippen LogP contribution in [-0.2, 0) is 11.3 Å². The number of aromatic amines is 1. The van der Waals surface area contributed by atoms with Crippen LogP contribution in [0.1, 0.15) is 12.5 Å². The fraction of sp³-hybridized carbons (Fsp3) is 0.357. The van der Waals surface area contributed by atoms with Crippen molar-refractivity contribution in [2.75, 3.05) is 19.7 Å². The molecule has 102 valence electrons. The minimum Gasteiger partial charge on any atom is -0.450 e. The molecule has 5 nitrogen and oxygen atoms in total. The fourth-order valence-electron chi connectivity index (χ4n) is 2.03. The van der Waals surface area contributed by atoms with Crippen LogP contribution in [0.2, 0.25) is 0 Å². The molecule has 0 fully saturated rings. The summed E-state index contributed by atoms with van der Waals surface area (Å²) in [6.45, 7) is 3.59. The normalized spacial score (nSPS) is 10.6. The molecule has 2 aromatic rings. The molecule has 3 N–H and O–H groups in total. The molecule has 0 radical (unpaired) electrons. The van der Waals surface area contributed by atoms with Crippen LogP contribution < -0.4 is 5.73 Å². The topological polar surface area (TPSA) is 71.3 Å². The maximum atomic E-state index is 11.8. The molecule has 2 rings (SSSR count). The second-order valence-corrected chi connectivity index (χ2v) is 4.31. The van der Waals surface area contributed by atoms with E-state index in [1.807, 2.05) is 24.4 Å². The van der Waals surface area contributed by atoms with E-state index in [0.29, 0.717) is 26.2 Å². The molecule has 19 heavy (non-hydrogen) atoms. The molecule has 1 aromatic carbocycles. The third-order valence-corrected chi connectivity index (χ3v) is 2.92. The summed E-state index contributed by atoms with van der Waals surface area (Å²) in [6, 6.07) is 8.09. The van der Waals surface area contributed by atoms with Gasteiger partial charge in [-0.05, 0) is 36.1 Å². The average Bonchev–Trinajstić information content (AvgIpc) is 2.86. The van der Waals surface area contributed by atoms with Crippen molar-refractivity contribution in [3.05, 3.63) is 36.0 Å². The van der Waals surface area contributed by atoms with Gasteiger partial charge in [0.1, 0.15) is 0 Å². The first-order chi connectivity index (χ1) is 9.24. The van der Waals surface area contributed by atoms with Crippen LogP contribution >= 0.6 is 0 Å². The first-order valence-electron chi connectivity index (χ1n) is 6.42. The van der Waals surface area contributed by atoms with E-state index >= 15 is 0 Å². The molecule has 1 heterocycles. The van der Waals surface area contributed by atoms with Crippen molar-refractivity contribution in [1.82, 2.24) is 9.88 Å². The Morgan fingerprint density at radius 2 is 2.26 bits per heavy atom. The van der Waals surface area contributed by atoms with Gasteiger partial charge in [0, 0.05) is 31.3 Å². The SMILES string of the molecule is CCOC(=O)N(CCN)Cc1ccc2[nH]ccc2c1. The first-order valence-corrected chi connectivity index (χ1v) is 6.42. The highest BCUT2D eigenvalue weighted by atomic mass is 16.6. The van der Waals surface area contributed by atoms with E-state index in [4.69, 9.17) is 10.5 Å². The number of benzene rings is 1. The number of amides is 1.